The summed E-state index contributed by atoms with van der Waals surface area (Å²) in [6, 6.07) is 0. The Labute approximate surface area is 119 Å². The average Bonchev–Trinajstić information content (AvgIpc) is 2.45. The van der Waals surface area contributed by atoms with Gasteiger partial charge in [-0.3, -0.25) is 14.4 Å². The summed E-state index contributed by atoms with van der Waals surface area (Å²) in [5.41, 5.74) is 0. The van der Waals surface area contributed by atoms with E-state index in [9.17, 15) is 14.4 Å². The maximum atomic E-state index is 12.3. The quantitative estimate of drug-likeness (QED) is 0.494. The Morgan fingerprint density at radius 1 is 0.900 bits per heavy atom. The molecule has 2 aliphatic heterocycles. The van der Waals surface area contributed by atoms with Gasteiger partial charge >= 0.3 is 11.8 Å². The van der Waals surface area contributed by atoms with Crippen molar-refractivity contribution in [2.24, 2.45) is 11.8 Å². The van der Waals surface area contributed by atoms with Gasteiger partial charge in [-0.25, -0.2) is 0 Å². The second-order valence-electron chi connectivity index (χ2n) is 6.09. The highest BCUT2D eigenvalue weighted by molar-refractivity contribution is 6.34. The number of hydrogen-bond acceptors (Lipinski definition) is 3. The van der Waals surface area contributed by atoms with E-state index in [0.717, 1.165) is 12.8 Å². The fourth-order valence-corrected chi connectivity index (χ4v) is 3.13. The Hall–Kier alpha value is -1.59. The molecule has 0 saturated carbocycles. The van der Waals surface area contributed by atoms with Gasteiger partial charge in [0.1, 0.15) is 0 Å². The van der Waals surface area contributed by atoms with Gasteiger partial charge in [-0.15, -0.1) is 0 Å². The van der Waals surface area contributed by atoms with Gasteiger partial charge in [0, 0.05) is 39.3 Å². The molecular formula is C14H23N3O3. The standard InChI is InChI=1S/C14H23N3O3/c1-11-7-12(2)9-17(8-11)14(20)13(19)16-5-3-15(10-18)4-6-16/h10-12H,3-9H2,1-2H3. The Bertz CT molecular complexity index is 381. The SMILES string of the molecule is CC1CC(C)CN(C(=O)C(=O)N2CCN(C=O)CC2)C1. The number of rotatable bonds is 1. The molecule has 20 heavy (non-hydrogen) atoms. The first-order valence-electron chi connectivity index (χ1n) is 7.28. The van der Waals surface area contributed by atoms with Crippen LogP contribution in [0.5, 0.6) is 0 Å². The third kappa shape index (κ3) is 3.29. The van der Waals surface area contributed by atoms with Crippen LogP contribution in [0.1, 0.15) is 20.3 Å². The van der Waals surface area contributed by atoms with E-state index in [0.29, 0.717) is 51.1 Å². The fraction of sp³-hybridized carbons (Fsp3) is 0.786. The summed E-state index contributed by atoms with van der Waals surface area (Å²) in [5.74, 6) is 0.0876. The lowest BCUT2D eigenvalue weighted by atomic mass is 9.92. The molecule has 2 rings (SSSR count). The zero-order chi connectivity index (χ0) is 14.7. The molecule has 2 fully saturated rings. The predicted molar refractivity (Wildman–Crippen MR) is 73.7 cm³/mol. The Kier molecular flexibility index (Phi) is 4.62. The van der Waals surface area contributed by atoms with Crippen molar-refractivity contribution >= 4 is 18.2 Å². The molecule has 0 radical (unpaired) electrons. The highest BCUT2D eigenvalue weighted by Gasteiger charge is 2.32. The molecular weight excluding hydrogens is 258 g/mol. The highest BCUT2D eigenvalue weighted by Crippen LogP contribution is 2.21. The first kappa shape index (κ1) is 14.8. The van der Waals surface area contributed by atoms with E-state index in [1.54, 1.807) is 14.7 Å². The van der Waals surface area contributed by atoms with E-state index in [1.807, 2.05) is 0 Å². The van der Waals surface area contributed by atoms with Crippen LogP contribution in [0.15, 0.2) is 0 Å². The molecule has 2 unspecified atom stereocenters. The third-order valence-corrected chi connectivity index (χ3v) is 4.09. The molecule has 0 aromatic carbocycles. The molecule has 6 heteroatoms. The summed E-state index contributed by atoms with van der Waals surface area (Å²) in [7, 11) is 0. The number of carbonyl (C=O) groups excluding carboxylic acids is 3. The van der Waals surface area contributed by atoms with Crippen LogP contribution in [0.3, 0.4) is 0 Å². The van der Waals surface area contributed by atoms with Gasteiger partial charge in [0.2, 0.25) is 6.41 Å². The molecule has 0 spiro atoms. The first-order valence-corrected chi connectivity index (χ1v) is 7.28. The van der Waals surface area contributed by atoms with Crippen LogP contribution in [0.4, 0.5) is 0 Å². The fourth-order valence-electron chi connectivity index (χ4n) is 3.13. The van der Waals surface area contributed by atoms with Gasteiger partial charge in [0.05, 0.1) is 0 Å². The normalized spacial score (nSPS) is 27.4. The van der Waals surface area contributed by atoms with Crippen molar-refractivity contribution in [3.63, 3.8) is 0 Å². The molecule has 6 nitrogen and oxygen atoms in total. The van der Waals surface area contributed by atoms with Crippen LogP contribution in [0.2, 0.25) is 0 Å². The number of hydrogen-bond donors (Lipinski definition) is 0. The molecule has 0 bridgehead atoms. The van der Waals surface area contributed by atoms with Crippen LogP contribution >= 0.6 is 0 Å². The topological polar surface area (TPSA) is 60.9 Å². The zero-order valence-electron chi connectivity index (χ0n) is 12.2. The summed E-state index contributed by atoms with van der Waals surface area (Å²) >= 11 is 0. The molecule has 2 aliphatic rings. The number of amides is 3. The monoisotopic (exact) mass is 281 g/mol. The van der Waals surface area contributed by atoms with Crippen molar-refractivity contribution < 1.29 is 14.4 Å². The van der Waals surface area contributed by atoms with Crippen molar-refractivity contribution in [1.82, 2.24) is 14.7 Å². The number of piperazine rings is 1. The lowest BCUT2D eigenvalue weighted by molar-refractivity contribution is -0.154. The maximum absolute atomic E-state index is 12.3. The molecule has 0 aliphatic carbocycles. The van der Waals surface area contributed by atoms with Crippen LogP contribution in [0, 0.1) is 11.8 Å². The summed E-state index contributed by atoms with van der Waals surface area (Å²) in [6.07, 6.45) is 1.90. The van der Waals surface area contributed by atoms with E-state index >= 15 is 0 Å². The lowest BCUT2D eigenvalue weighted by Gasteiger charge is -2.37. The second-order valence-corrected chi connectivity index (χ2v) is 6.09. The number of carbonyl (C=O) groups is 3. The highest BCUT2D eigenvalue weighted by atomic mass is 16.2. The van der Waals surface area contributed by atoms with Gasteiger partial charge in [-0.2, -0.15) is 0 Å². The molecule has 2 saturated heterocycles. The van der Waals surface area contributed by atoms with Gasteiger partial charge < -0.3 is 14.7 Å². The molecule has 3 amide bonds. The third-order valence-electron chi connectivity index (χ3n) is 4.09. The number of piperidine rings is 1. The Morgan fingerprint density at radius 2 is 1.40 bits per heavy atom. The van der Waals surface area contributed by atoms with Crippen molar-refractivity contribution in [3.05, 3.63) is 0 Å². The minimum absolute atomic E-state index is 0.386. The van der Waals surface area contributed by atoms with Crippen molar-refractivity contribution in [2.75, 3.05) is 39.3 Å². The van der Waals surface area contributed by atoms with Crippen LogP contribution in [-0.4, -0.2) is 72.2 Å². The number of nitrogens with zero attached hydrogens (tertiary/aromatic N) is 3. The van der Waals surface area contributed by atoms with E-state index in [1.165, 1.54) is 0 Å². The summed E-state index contributed by atoms with van der Waals surface area (Å²) < 4.78 is 0. The molecule has 0 aromatic rings. The van der Waals surface area contributed by atoms with Crippen LogP contribution < -0.4 is 0 Å². The molecule has 2 heterocycles. The van der Waals surface area contributed by atoms with Crippen LogP contribution in [-0.2, 0) is 14.4 Å². The van der Waals surface area contributed by atoms with E-state index in [-0.39, 0.29) is 5.91 Å². The summed E-state index contributed by atoms with van der Waals surface area (Å²) in [5, 5.41) is 0. The van der Waals surface area contributed by atoms with Gasteiger partial charge in [0.25, 0.3) is 0 Å². The molecule has 112 valence electrons. The van der Waals surface area contributed by atoms with Gasteiger partial charge in [0.15, 0.2) is 0 Å². The zero-order valence-corrected chi connectivity index (χ0v) is 12.2. The first-order chi connectivity index (χ1) is 9.51. The van der Waals surface area contributed by atoms with E-state index in [2.05, 4.69) is 13.8 Å². The largest absolute Gasteiger partial charge is 0.342 e. The van der Waals surface area contributed by atoms with Crippen molar-refractivity contribution in [2.45, 2.75) is 20.3 Å². The average molecular weight is 281 g/mol. The van der Waals surface area contributed by atoms with Gasteiger partial charge in [-0.05, 0) is 18.3 Å². The molecule has 0 aromatic heterocycles. The van der Waals surface area contributed by atoms with E-state index < -0.39 is 5.91 Å². The van der Waals surface area contributed by atoms with Gasteiger partial charge in [-0.1, -0.05) is 13.8 Å². The Balaban J connectivity index is 1.92. The minimum Gasteiger partial charge on any atom is -0.342 e. The lowest BCUT2D eigenvalue weighted by Crippen LogP contribution is -2.54. The smallest absolute Gasteiger partial charge is 0.312 e. The van der Waals surface area contributed by atoms with Crippen molar-refractivity contribution in [3.8, 4) is 0 Å². The molecule has 2 atom stereocenters. The Morgan fingerprint density at radius 3 is 1.90 bits per heavy atom. The number of likely N-dealkylation sites (tertiary alicyclic amines) is 1. The maximum Gasteiger partial charge on any atom is 0.312 e. The van der Waals surface area contributed by atoms with Crippen LogP contribution in [0.25, 0.3) is 0 Å². The second kappa shape index (κ2) is 6.24. The predicted octanol–water partition coefficient (Wildman–Crippen LogP) is -0.208. The minimum atomic E-state index is -0.420. The molecule has 0 N–H and O–H groups in total. The van der Waals surface area contributed by atoms with Crippen molar-refractivity contribution in [1.29, 1.82) is 0 Å². The summed E-state index contributed by atoms with van der Waals surface area (Å²) in [4.78, 5) is 40.0. The summed E-state index contributed by atoms with van der Waals surface area (Å²) in [6.45, 7) is 7.48. The van der Waals surface area contributed by atoms with E-state index in [4.69, 9.17) is 0 Å².